The van der Waals surface area contributed by atoms with Crippen molar-refractivity contribution in [2.24, 2.45) is 0 Å². The molecule has 0 aliphatic carbocycles. The molecule has 2 atom stereocenters. The molecule has 0 saturated carbocycles. The average Bonchev–Trinajstić information content (AvgIpc) is 3.68. The Morgan fingerprint density at radius 1 is 0.593 bits per heavy atom. The predicted octanol–water partition coefficient (Wildman–Crippen LogP) is 13.3. The van der Waals surface area contributed by atoms with Crippen LogP contribution in [0.15, 0.2) is 193 Å². The number of likely N-dealkylation sites (N-methyl/N-ethyl adjacent to an activating group) is 1. The highest BCUT2D eigenvalue weighted by Crippen LogP contribution is 2.42. The lowest BCUT2D eigenvalue weighted by molar-refractivity contribution is 0.383. The first kappa shape index (κ1) is 34.7. The van der Waals surface area contributed by atoms with E-state index in [0.29, 0.717) is 0 Å². The minimum atomic E-state index is 0.0459. The summed E-state index contributed by atoms with van der Waals surface area (Å²) in [5, 5.41) is 9.31. The smallest absolute Gasteiger partial charge is 0.162 e. The number of benzene rings is 6. The molecule has 0 amide bonds. The molecule has 0 fully saturated rings. The van der Waals surface area contributed by atoms with E-state index in [1.165, 1.54) is 16.3 Å². The minimum absolute atomic E-state index is 0.0459. The van der Waals surface area contributed by atoms with Gasteiger partial charge in [-0.05, 0) is 99.8 Å². The van der Waals surface area contributed by atoms with Gasteiger partial charge >= 0.3 is 0 Å². The molecule has 5 heterocycles. The Kier molecular flexibility index (Phi) is 8.33. The number of allylic oxidation sites excluding steroid dienone is 4. The monoisotopic (exact) mass is 760 g/mol. The zero-order valence-corrected chi connectivity index (χ0v) is 32.8. The van der Waals surface area contributed by atoms with Crippen LogP contribution in [-0.4, -0.2) is 28.0 Å². The van der Waals surface area contributed by atoms with E-state index in [1.807, 2.05) is 12.1 Å². The molecule has 0 spiro atoms. The number of fused-ring (bicyclic) bond motifs is 6. The summed E-state index contributed by atoms with van der Waals surface area (Å²) >= 11 is 0. The molecule has 5 heteroatoms. The van der Waals surface area contributed by atoms with Crippen LogP contribution in [0.2, 0.25) is 0 Å². The first-order valence-corrected chi connectivity index (χ1v) is 20.2. The lowest BCUT2D eigenvalue weighted by Gasteiger charge is -2.27. The summed E-state index contributed by atoms with van der Waals surface area (Å²) in [6.45, 7) is 2.16. The van der Waals surface area contributed by atoms with Crippen LogP contribution in [0, 0.1) is 0 Å². The SMILES string of the molecule is CC1C=CC=C(c2cc(-c3ccc(-c4cccc(-c5nc6cc(-c7cccc8ccccc78)ccc6c6c5oc5ccccc56)c4)cc3)cc(C3C=CC=CN3C)n2)N1. The fourth-order valence-electron chi connectivity index (χ4n) is 8.75. The number of dihydropyridines is 1. The highest BCUT2D eigenvalue weighted by molar-refractivity contribution is 6.21. The number of furan rings is 1. The first-order chi connectivity index (χ1) is 29.0. The van der Waals surface area contributed by atoms with E-state index in [-0.39, 0.29) is 12.1 Å². The van der Waals surface area contributed by atoms with Gasteiger partial charge in [0.05, 0.1) is 28.6 Å². The van der Waals surface area contributed by atoms with Crippen molar-refractivity contribution in [3.63, 3.8) is 0 Å². The van der Waals surface area contributed by atoms with Gasteiger partial charge in [-0.1, -0.05) is 140 Å². The molecule has 282 valence electrons. The summed E-state index contributed by atoms with van der Waals surface area (Å²) in [4.78, 5) is 12.8. The third-order valence-corrected chi connectivity index (χ3v) is 11.7. The van der Waals surface area contributed by atoms with Crippen LogP contribution in [0.5, 0.6) is 0 Å². The van der Waals surface area contributed by atoms with Crippen LogP contribution in [0.4, 0.5) is 0 Å². The molecule has 1 N–H and O–H groups in total. The molecule has 11 rings (SSSR count). The van der Waals surface area contributed by atoms with E-state index in [9.17, 15) is 0 Å². The van der Waals surface area contributed by atoms with Crippen molar-refractivity contribution in [2.75, 3.05) is 7.05 Å². The highest BCUT2D eigenvalue weighted by Gasteiger charge is 2.21. The second-order valence-electron chi connectivity index (χ2n) is 15.6. The Labute approximate surface area is 343 Å². The van der Waals surface area contributed by atoms with Crippen LogP contribution in [0.25, 0.3) is 93.9 Å². The van der Waals surface area contributed by atoms with Crippen LogP contribution in [0.3, 0.4) is 0 Å². The average molecular weight is 761 g/mol. The number of aromatic nitrogens is 2. The number of hydrogen-bond acceptors (Lipinski definition) is 5. The van der Waals surface area contributed by atoms with Crippen molar-refractivity contribution in [1.82, 2.24) is 20.2 Å². The Hall–Kier alpha value is -7.50. The maximum Gasteiger partial charge on any atom is 0.162 e. The lowest BCUT2D eigenvalue weighted by Crippen LogP contribution is -2.26. The van der Waals surface area contributed by atoms with E-state index in [0.717, 1.165) is 89.0 Å². The second-order valence-corrected chi connectivity index (χ2v) is 15.6. The van der Waals surface area contributed by atoms with Gasteiger partial charge in [-0.2, -0.15) is 0 Å². The molecule has 0 saturated heterocycles. The third-order valence-electron chi connectivity index (χ3n) is 11.7. The van der Waals surface area contributed by atoms with E-state index in [4.69, 9.17) is 14.4 Å². The summed E-state index contributed by atoms with van der Waals surface area (Å²) in [6.07, 6.45) is 14.8. The molecular weight excluding hydrogens is 721 g/mol. The largest absolute Gasteiger partial charge is 0.454 e. The molecule has 6 aromatic carbocycles. The van der Waals surface area contributed by atoms with E-state index in [2.05, 4.69) is 200 Å². The van der Waals surface area contributed by atoms with Gasteiger partial charge in [0.1, 0.15) is 11.3 Å². The maximum atomic E-state index is 6.66. The van der Waals surface area contributed by atoms with Crippen LogP contribution in [-0.2, 0) is 0 Å². The molecule has 3 aromatic heterocycles. The molecule has 59 heavy (non-hydrogen) atoms. The number of hydrogen-bond donors (Lipinski definition) is 1. The first-order valence-electron chi connectivity index (χ1n) is 20.2. The van der Waals surface area contributed by atoms with Gasteiger partial charge in [0.15, 0.2) is 5.58 Å². The molecule has 0 radical (unpaired) electrons. The van der Waals surface area contributed by atoms with Crippen molar-refractivity contribution in [2.45, 2.75) is 19.0 Å². The highest BCUT2D eigenvalue weighted by atomic mass is 16.3. The summed E-state index contributed by atoms with van der Waals surface area (Å²) in [5.41, 5.74) is 14.2. The molecular formula is C54H40N4O. The zero-order chi connectivity index (χ0) is 39.5. The van der Waals surface area contributed by atoms with Gasteiger partial charge < -0.3 is 14.6 Å². The fourth-order valence-corrected chi connectivity index (χ4v) is 8.75. The topological polar surface area (TPSA) is 54.2 Å². The van der Waals surface area contributed by atoms with Crippen molar-refractivity contribution >= 4 is 49.3 Å². The Morgan fingerprint density at radius 3 is 2.22 bits per heavy atom. The van der Waals surface area contributed by atoms with Crippen LogP contribution in [0.1, 0.15) is 24.4 Å². The Bertz CT molecular complexity index is 3230. The normalized spacial score (nSPS) is 16.3. The van der Waals surface area contributed by atoms with Crippen molar-refractivity contribution < 1.29 is 4.42 Å². The van der Waals surface area contributed by atoms with Crippen LogP contribution < -0.4 is 5.32 Å². The van der Waals surface area contributed by atoms with Gasteiger partial charge in [-0.25, -0.2) is 9.97 Å². The fraction of sp³-hybridized carbons (Fsp3) is 0.0741. The molecule has 2 aliphatic heterocycles. The van der Waals surface area contributed by atoms with Gasteiger partial charge in [-0.15, -0.1) is 0 Å². The minimum Gasteiger partial charge on any atom is -0.454 e. The van der Waals surface area contributed by atoms with Crippen molar-refractivity contribution in [3.8, 4) is 44.6 Å². The maximum absolute atomic E-state index is 6.66. The summed E-state index contributed by atoms with van der Waals surface area (Å²) in [6, 6.07) is 52.3. The zero-order valence-electron chi connectivity index (χ0n) is 32.8. The van der Waals surface area contributed by atoms with Gasteiger partial charge in [0.25, 0.3) is 0 Å². The lowest BCUT2D eigenvalue weighted by atomic mass is 9.95. The van der Waals surface area contributed by atoms with Crippen molar-refractivity contribution in [1.29, 1.82) is 0 Å². The summed E-state index contributed by atoms with van der Waals surface area (Å²) in [7, 11) is 2.10. The van der Waals surface area contributed by atoms with E-state index >= 15 is 0 Å². The Balaban J connectivity index is 1.000. The van der Waals surface area contributed by atoms with Crippen LogP contribution >= 0.6 is 0 Å². The second kappa shape index (κ2) is 14.2. The molecule has 2 unspecified atom stereocenters. The number of para-hydroxylation sites is 1. The summed E-state index contributed by atoms with van der Waals surface area (Å²) in [5.74, 6) is 0. The van der Waals surface area contributed by atoms with E-state index < -0.39 is 0 Å². The molecule has 2 aliphatic rings. The quantitative estimate of drug-likeness (QED) is 0.183. The number of rotatable bonds is 6. The summed E-state index contributed by atoms with van der Waals surface area (Å²) < 4.78 is 6.66. The number of nitrogens with zero attached hydrogens (tertiary/aromatic N) is 3. The van der Waals surface area contributed by atoms with Gasteiger partial charge in [-0.3, -0.25) is 0 Å². The third kappa shape index (κ3) is 6.19. The molecule has 0 bridgehead atoms. The molecule has 5 nitrogen and oxygen atoms in total. The van der Waals surface area contributed by atoms with Gasteiger partial charge in [0.2, 0.25) is 0 Å². The predicted molar refractivity (Wildman–Crippen MR) is 245 cm³/mol. The van der Waals surface area contributed by atoms with Crippen molar-refractivity contribution in [3.05, 3.63) is 200 Å². The number of pyridine rings is 2. The standard InChI is InChI=1S/C54H40N4O/c1-34-12-9-20-46(55-34)48-32-41(33-49(56-48)50-21-7-8-29-58(50)2)36-25-23-35(24-26-36)38-15-10-16-40(30-38)53-54-52(45-18-5-6-22-51(45)59-54)44-28-27-39(31-47(44)57-53)43-19-11-14-37-13-3-4-17-42(37)43/h3-34,50,55H,1-2H3. The van der Waals surface area contributed by atoms with Gasteiger partial charge in [0, 0.05) is 34.8 Å². The number of nitrogens with one attached hydrogen (secondary N) is 1. The Morgan fingerprint density at radius 2 is 1.36 bits per heavy atom. The molecule has 9 aromatic rings. The van der Waals surface area contributed by atoms with E-state index in [1.54, 1.807) is 0 Å².